The number of carbonyl (C=O) groups excluding carboxylic acids is 2. The van der Waals surface area contributed by atoms with E-state index in [2.05, 4.69) is 5.32 Å². The second-order valence-corrected chi connectivity index (χ2v) is 6.83. The number of para-hydroxylation sites is 2. The molecule has 1 aromatic carbocycles. The van der Waals surface area contributed by atoms with Crippen LogP contribution in [0.5, 0.6) is 11.5 Å². The quantitative estimate of drug-likeness (QED) is 0.709. The summed E-state index contributed by atoms with van der Waals surface area (Å²) in [5, 5.41) is 4.38. The highest BCUT2D eigenvalue weighted by Crippen LogP contribution is 2.30. The number of hydrogen-bond donors (Lipinski definition) is 1. The van der Waals surface area contributed by atoms with Crippen molar-refractivity contribution >= 4 is 23.2 Å². The molecule has 0 spiro atoms. The van der Waals surface area contributed by atoms with Crippen molar-refractivity contribution in [1.29, 1.82) is 0 Å². The molecule has 3 rings (SSSR count). The summed E-state index contributed by atoms with van der Waals surface area (Å²) >= 11 is 1.09. The SMILES string of the molecule is Cc1csc(=O)n1CCC(=O)OCC(=O)NCC1COc2ccccc2O1. The third-order valence-electron chi connectivity index (χ3n) is 3.97. The van der Waals surface area contributed by atoms with E-state index >= 15 is 0 Å². The molecule has 0 saturated heterocycles. The van der Waals surface area contributed by atoms with Crippen molar-refractivity contribution in [3.63, 3.8) is 0 Å². The van der Waals surface area contributed by atoms with Crippen molar-refractivity contribution in [3.8, 4) is 11.5 Å². The largest absolute Gasteiger partial charge is 0.486 e. The number of thiazole rings is 1. The maximum atomic E-state index is 11.8. The van der Waals surface area contributed by atoms with Crippen LogP contribution in [0.2, 0.25) is 0 Å². The minimum absolute atomic E-state index is 0.0289. The Kier molecular flexibility index (Phi) is 6.12. The molecule has 0 saturated carbocycles. The van der Waals surface area contributed by atoms with Crippen molar-refractivity contribution in [3.05, 3.63) is 45.0 Å². The van der Waals surface area contributed by atoms with Crippen molar-refractivity contribution in [2.24, 2.45) is 0 Å². The van der Waals surface area contributed by atoms with Crippen molar-refractivity contribution in [2.45, 2.75) is 26.0 Å². The van der Waals surface area contributed by atoms with E-state index in [1.807, 2.05) is 18.2 Å². The minimum atomic E-state index is -0.533. The van der Waals surface area contributed by atoms with Crippen LogP contribution in [0.15, 0.2) is 34.4 Å². The van der Waals surface area contributed by atoms with E-state index in [4.69, 9.17) is 14.2 Å². The summed E-state index contributed by atoms with van der Waals surface area (Å²) in [4.78, 5) is 35.0. The van der Waals surface area contributed by atoms with Gasteiger partial charge < -0.3 is 24.1 Å². The fourth-order valence-corrected chi connectivity index (χ4v) is 3.30. The maximum Gasteiger partial charge on any atom is 0.308 e. The van der Waals surface area contributed by atoms with Crippen LogP contribution in [0.3, 0.4) is 0 Å². The number of amides is 1. The van der Waals surface area contributed by atoms with Crippen LogP contribution in [-0.4, -0.2) is 42.3 Å². The van der Waals surface area contributed by atoms with Gasteiger partial charge in [0.1, 0.15) is 12.7 Å². The highest BCUT2D eigenvalue weighted by molar-refractivity contribution is 7.07. The second kappa shape index (κ2) is 8.72. The number of ether oxygens (including phenoxy) is 3. The van der Waals surface area contributed by atoms with Gasteiger partial charge in [0.05, 0.1) is 13.0 Å². The van der Waals surface area contributed by atoms with E-state index in [0.717, 1.165) is 17.0 Å². The molecule has 1 atom stereocenters. The first-order valence-corrected chi connectivity index (χ1v) is 9.36. The summed E-state index contributed by atoms with van der Waals surface area (Å²) in [6.45, 7) is 2.23. The molecule has 2 aromatic rings. The number of fused-ring (bicyclic) bond motifs is 1. The van der Waals surface area contributed by atoms with Crippen LogP contribution in [0.25, 0.3) is 0 Å². The van der Waals surface area contributed by atoms with Gasteiger partial charge in [0, 0.05) is 17.6 Å². The van der Waals surface area contributed by atoms with Gasteiger partial charge in [0.2, 0.25) is 0 Å². The minimum Gasteiger partial charge on any atom is -0.486 e. The fourth-order valence-electron chi connectivity index (χ4n) is 2.54. The van der Waals surface area contributed by atoms with Crippen LogP contribution in [0.1, 0.15) is 12.1 Å². The molecule has 27 heavy (non-hydrogen) atoms. The van der Waals surface area contributed by atoms with Crippen LogP contribution < -0.4 is 19.7 Å². The highest BCUT2D eigenvalue weighted by atomic mass is 32.1. The molecule has 1 N–H and O–H groups in total. The first kappa shape index (κ1) is 19.0. The molecule has 144 valence electrons. The normalized spacial score (nSPS) is 15.2. The Morgan fingerprint density at radius 1 is 1.33 bits per heavy atom. The molecule has 0 bridgehead atoms. The molecule has 1 aromatic heterocycles. The van der Waals surface area contributed by atoms with Crippen LogP contribution in [0.4, 0.5) is 0 Å². The van der Waals surface area contributed by atoms with E-state index in [0.29, 0.717) is 18.1 Å². The summed E-state index contributed by atoms with van der Waals surface area (Å²) in [5.41, 5.74) is 0.798. The lowest BCUT2D eigenvalue weighted by atomic mass is 10.2. The predicted octanol–water partition coefficient (Wildman–Crippen LogP) is 1.11. The molecule has 1 aliphatic heterocycles. The van der Waals surface area contributed by atoms with Gasteiger partial charge in [-0.15, -0.1) is 0 Å². The van der Waals surface area contributed by atoms with Gasteiger partial charge in [-0.05, 0) is 19.1 Å². The summed E-state index contributed by atoms with van der Waals surface area (Å²) in [5.74, 6) is 0.353. The Balaban J connectivity index is 1.35. The first-order chi connectivity index (χ1) is 13.0. The molecular formula is C18H20N2O6S. The average Bonchev–Trinajstić information content (AvgIpc) is 3.00. The van der Waals surface area contributed by atoms with E-state index in [1.165, 1.54) is 4.57 Å². The summed E-state index contributed by atoms with van der Waals surface area (Å²) in [7, 11) is 0. The lowest BCUT2D eigenvalue weighted by Gasteiger charge is -2.26. The zero-order chi connectivity index (χ0) is 19.2. The van der Waals surface area contributed by atoms with Gasteiger partial charge in [-0.3, -0.25) is 14.4 Å². The Bertz CT molecular complexity index is 875. The molecule has 0 radical (unpaired) electrons. The van der Waals surface area contributed by atoms with Crippen molar-refractivity contribution in [1.82, 2.24) is 9.88 Å². The van der Waals surface area contributed by atoms with Crippen LogP contribution in [-0.2, 0) is 20.9 Å². The van der Waals surface area contributed by atoms with Gasteiger partial charge in [0.15, 0.2) is 18.1 Å². The molecule has 1 unspecified atom stereocenters. The summed E-state index contributed by atoms with van der Waals surface area (Å²) in [6.07, 6.45) is -0.283. The van der Waals surface area contributed by atoms with Crippen LogP contribution >= 0.6 is 11.3 Å². The Hall–Kier alpha value is -2.81. The van der Waals surface area contributed by atoms with E-state index in [-0.39, 0.29) is 37.1 Å². The lowest BCUT2D eigenvalue weighted by molar-refractivity contribution is -0.148. The molecule has 0 fully saturated rings. The predicted molar refractivity (Wildman–Crippen MR) is 98.3 cm³/mol. The molecule has 1 aliphatic rings. The zero-order valence-corrected chi connectivity index (χ0v) is 15.6. The monoisotopic (exact) mass is 392 g/mol. The molecule has 9 heteroatoms. The summed E-state index contributed by atoms with van der Waals surface area (Å²) < 4.78 is 17.7. The molecule has 2 heterocycles. The van der Waals surface area contributed by atoms with Gasteiger partial charge in [-0.1, -0.05) is 23.5 Å². The average molecular weight is 392 g/mol. The van der Waals surface area contributed by atoms with E-state index in [9.17, 15) is 14.4 Å². The van der Waals surface area contributed by atoms with Crippen molar-refractivity contribution < 1.29 is 23.8 Å². The molecule has 8 nitrogen and oxygen atoms in total. The topological polar surface area (TPSA) is 95.9 Å². The Morgan fingerprint density at radius 2 is 2.11 bits per heavy atom. The zero-order valence-electron chi connectivity index (χ0n) is 14.8. The number of benzene rings is 1. The number of nitrogens with one attached hydrogen (secondary N) is 1. The third-order valence-corrected chi connectivity index (χ3v) is 4.86. The third kappa shape index (κ3) is 5.10. The smallest absolute Gasteiger partial charge is 0.308 e. The van der Waals surface area contributed by atoms with Crippen LogP contribution in [0, 0.1) is 6.92 Å². The molecule has 1 amide bonds. The highest BCUT2D eigenvalue weighted by Gasteiger charge is 2.21. The second-order valence-electron chi connectivity index (χ2n) is 6.01. The molecule has 0 aliphatic carbocycles. The van der Waals surface area contributed by atoms with Gasteiger partial charge in [-0.25, -0.2) is 0 Å². The Morgan fingerprint density at radius 3 is 2.85 bits per heavy atom. The number of rotatable bonds is 7. The lowest BCUT2D eigenvalue weighted by Crippen LogP contribution is -2.42. The fraction of sp³-hybridized carbons (Fsp3) is 0.389. The standard InChI is InChI=1S/C18H20N2O6S/c1-12-11-27-18(23)20(12)7-6-17(22)25-10-16(21)19-8-13-9-24-14-4-2-3-5-15(14)26-13/h2-5,11,13H,6-10H2,1H3,(H,19,21). The van der Waals surface area contributed by atoms with Gasteiger partial charge in [0.25, 0.3) is 5.91 Å². The van der Waals surface area contributed by atoms with E-state index < -0.39 is 11.9 Å². The first-order valence-electron chi connectivity index (χ1n) is 8.48. The van der Waals surface area contributed by atoms with Crippen molar-refractivity contribution in [2.75, 3.05) is 19.8 Å². The van der Waals surface area contributed by atoms with E-state index in [1.54, 1.807) is 18.4 Å². The summed E-state index contributed by atoms with van der Waals surface area (Å²) in [6, 6.07) is 7.31. The number of carbonyl (C=O) groups is 2. The van der Waals surface area contributed by atoms with Gasteiger partial charge in [-0.2, -0.15) is 0 Å². The number of aryl methyl sites for hydroxylation is 1. The number of nitrogens with zero attached hydrogens (tertiary/aromatic N) is 1. The number of aromatic nitrogens is 1. The molecular weight excluding hydrogens is 372 g/mol. The number of esters is 1. The number of hydrogen-bond acceptors (Lipinski definition) is 7. The Labute approximate surface area is 159 Å². The maximum absolute atomic E-state index is 11.8. The van der Waals surface area contributed by atoms with Gasteiger partial charge >= 0.3 is 10.8 Å².